The summed E-state index contributed by atoms with van der Waals surface area (Å²) in [5.41, 5.74) is 5.06. The van der Waals surface area contributed by atoms with Crippen molar-refractivity contribution in [1.29, 1.82) is 0 Å². The number of carbonyl (C=O) groups is 1. The second kappa shape index (κ2) is 6.71. The van der Waals surface area contributed by atoms with Crippen molar-refractivity contribution in [3.63, 3.8) is 0 Å². The summed E-state index contributed by atoms with van der Waals surface area (Å²) in [4.78, 5) is 11.9. The highest BCUT2D eigenvalue weighted by Crippen LogP contribution is 2.39. The van der Waals surface area contributed by atoms with Gasteiger partial charge in [-0.3, -0.25) is 4.79 Å². The Morgan fingerprint density at radius 1 is 1.32 bits per heavy atom. The Kier molecular flexibility index (Phi) is 5.81. The van der Waals surface area contributed by atoms with Crippen LogP contribution in [0, 0.1) is 11.3 Å². The van der Waals surface area contributed by atoms with Gasteiger partial charge in [0, 0.05) is 12.5 Å². The number of nitrogens with one attached hydrogen (secondary N) is 1. The smallest absolute Gasteiger partial charge is 0.222 e. The van der Waals surface area contributed by atoms with Crippen molar-refractivity contribution in [2.24, 2.45) is 17.1 Å². The normalized spacial score (nSPS) is 22.8. The Morgan fingerprint density at radius 2 is 1.89 bits per heavy atom. The molecule has 112 valence electrons. The fourth-order valence-corrected chi connectivity index (χ4v) is 2.55. The zero-order chi connectivity index (χ0) is 14.5. The molecule has 1 aliphatic rings. The van der Waals surface area contributed by atoms with Gasteiger partial charge in [-0.1, -0.05) is 20.8 Å². The highest BCUT2D eigenvalue weighted by Gasteiger charge is 2.36. The molecule has 1 aliphatic carbocycles. The topological polar surface area (TPSA) is 75.4 Å². The molecule has 1 fully saturated rings. The van der Waals surface area contributed by atoms with Gasteiger partial charge < -0.3 is 16.2 Å². The molecule has 4 nitrogen and oxygen atoms in total. The van der Waals surface area contributed by atoms with Crippen LogP contribution in [0.4, 0.5) is 0 Å². The summed E-state index contributed by atoms with van der Waals surface area (Å²) >= 11 is 0. The Balaban J connectivity index is 2.33. The third kappa shape index (κ3) is 5.49. The van der Waals surface area contributed by atoms with Crippen molar-refractivity contribution < 1.29 is 9.90 Å². The maximum atomic E-state index is 11.9. The number of hydrogen-bond donors (Lipinski definition) is 3. The first-order chi connectivity index (χ1) is 8.78. The molecule has 0 bridgehead atoms. The van der Waals surface area contributed by atoms with Gasteiger partial charge in [0.2, 0.25) is 5.91 Å². The van der Waals surface area contributed by atoms with Crippen LogP contribution in [0.2, 0.25) is 0 Å². The van der Waals surface area contributed by atoms with Crippen molar-refractivity contribution in [2.45, 2.75) is 64.9 Å². The van der Waals surface area contributed by atoms with Gasteiger partial charge in [0.05, 0.1) is 5.60 Å². The van der Waals surface area contributed by atoms with Gasteiger partial charge in [0.1, 0.15) is 0 Å². The van der Waals surface area contributed by atoms with E-state index in [0.717, 1.165) is 38.5 Å². The Hall–Kier alpha value is -0.610. The van der Waals surface area contributed by atoms with Gasteiger partial charge in [-0.25, -0.2) is 0 Å². The number of aliphatic hydroxyl groups is 1. The summed E-state index contributed by atoms with van der Waals surface area (Å²) in [6, 6.07) is 0. The Bertz CT molecular complexity index is 293. The highest BCUT2D eigenvalue weighted by atomic mass is 16.3. The minimum absolute atomic E-state index is 0.0211. The van der Waals surface area contributed by atoms with Gasteiger partial charge in [-0.2, -0.15) is 0 Å². The summed E-state index contributed by atoms with van der Waals surface area (Å²) in [5, 5.41) is 13.4. The van der Waals surface area contributed by atoms with Crippen molar-refractivity contribution in [3.05, 3.63) is 0 Å². The quantitative estimate of drug-likeness (QED) is 0.689. The second-order valence-corrected chi connectivity index (χ2v) is 6.94. The van der Waals surface area contributed by atoms with Crippen LogP contribution < -0.4 is 11.1 Å². The lowest BCUT2D eigenvalue weighted by Gasteiger charge is -2.40. The third-order valence-electron chi connectivity index (χ3n) is 4.41. The molecule has 0 aromatic heterocycles. The van der Waals surface area contributed by atoms with Crippen LogP contribution in [0.3, 0.4) is 0 Å². The van der Waals surface area contributed by atoms with E-state index in [2.05, 4.69) is 19.2 Å². The molecule has 1 rings (SSSR count). The molecule has 1 unspecified atom stereocenters. The third-order valence-corrected chi connectivity index (χ3v) is 4.41. The van der Waals surface area contributed by atoms with Crippen molar-refractivity contribution >= 4 is 5.91 Å². The summed E-state index contributed by atoms with van der Waals surface area (Å²) < 4.78 is 0. The molecule has 0 saturated heterocycles. The van der Waals surface area contributed by atoms with E-state index in [1.54, 1.807) is 0 Å². The molecule has 1 amide bonds. The van der Waals surface area contributed by atoms with Crippen LogP contribution in [0.1, 0.15) is 59.3 Å². The van der Waals surface area contributed by atoms with Crippen molar-refractivity contribution in [1.82, 2.24) is 5.32 Å². The molecule has 0 aromatic carbocycles. The molecule has 0 aromatic rings. The van der Waals surface area contributed by atoms with E-state index in [9.17, 15) is 9.90 Å². The standard InChI is InChI=1S/C15H30N2O2/c1-12(5-4-10-16)13(18)17-11-15(19)8-6-14(2,3)7-9-15/h12,19H,4-11,16H2,1-3H3,(H,17,18). The summed E-state index contributed by atoms with van der Waals surface area (Å²) in [6.07, 6.45) is 5.26. The fourth-order valence-electron chi connectivity index (χ4n) is 2.55. The molecule has 1 saturated carbocycles. The van der Waals surface area contributed by atoms with Gasteiger partial charge in [-0.15, -0.1) is 0 Å². The zero-order valence-electron chi connectivity index (χ0n) is 12.7. The minimum Gasteiger partial charge on any atom is -0.388 e. The van der Waals surface area contributed by atoms with Crippen LogP contribution in [-0.4, -0.2) is 29.7 Å². The van der Waals surface area contributed by atoms with Gasteiger partial charge in [0.25, 0.3) is 0 Å². The number of amides is 1. The summed E-state index contributed by atoms with van der Waals surface area (Å²) in [7, 11) is 0. The Labute approximate surface area is 117 Å². The van der Waals surface area contributed by atoms with E-state index in [-0.39, 0.29) is 11.8 Å². The van der Waals surface area contributed by atoms with Crippen LogP contribution >= 0.6 is 0 Å². The molecule has 1 atom stereocenters. The largest absolute Gasteiger partial charge is 0.388 e. The number of carbonyl (C=O) groups excluding carboxylic acids is 1. The first-order valence-corrected chi connectivity index (χ1v) is 7.48. The number of nitrogens with two attached hydrogens (primary N) is 1. The van der Waals surface area contributed by atoms with Crippen LogP contribution in [-0.2, 0) is 4.79 Å². The molecular formula is C15H30N2O2. The lowest BCUT2D eigenvalue weighted by Crippen LogP contribution is -2.47. The highest BCUT2D eigenvalue weighted by molar-refractivity contribution is 5.78. The van der Waals surface area contributed by atoms with Gasteiger partial charge >= 0.3 is 0 Å². The van der Waals surface area contributed by atoms with E-state index < -0.39 is 5.60 Å². The average molecular weight is 270 g/mol. The lowest BCUT2D eigenvalue weighted by atomic mass is 9.71. The Morgan fingerprint density at radius 3 is 2.42 bits per heavy atom. The maximum absolute atomic E-state index is 11.9. The molecule has 0 aliphatic heterocycles. The number of rotatable bonds is 6. The monoisotopic (exact) mass is 270 g/mol. The van der Waals surface area contributed by atoms with E-state index in [0.29, 0.717) is 18.5 Å². The van der Waals surface area contributed by atoms with Crippen LogP contribution in [0.25, 0.3) is 0 Å². The van der Waals surface area contributed by atoms with Crippen LogP contribution in [0.15, 0.2) is 0 Å². The molecule has 19 heavy (non-hydrogen) atoms. The fraction of sp³-hybridized carbons (Fsp3) is 0.933. The predicted molar refractivity (Wildman–Crippen MR) is 77.7 cm³/mol. The van der Waals surface area contributed by atoms with Gasteiger partial charge in [0.15, 0.2) is 0 Å². The lowest BCUT2D eigenvalue weighted by molar-refractivity contribution is -0.126. The van der Waals surface area contributed by atoms with E-state index in [4.69, 9.17) is 5.73 Å². The van der Waals surface area contributed by atoms with Crippen molar-refractivity contribution in [2.75, 3.05) is 13.1 Å². The summed E-state index contributed by atoms with van der Waals surface area (Å²) in [6.45, 7) is 7.39. The second-order valence-electron chi connectivity index (χ2n) is 6.94. The predicted octanol–water partition coefficient (Wildman–Crippen LogP) is 1.81. The minimum atomic E-state index is -0.710. The first kappa shape index (κ1) is 16.4. The molecular weight excluding hydrogens is 240 g/mol. The first-order valence-electron chi connectivity index (χ1n) is 7.48. The SMILES string of the molecule is CC(CCCN)C(=O)NCC1(O)CCC(C)(C)CC1. The van der Waals surface area contributed by atoms with E-state index in [1.165, 1.54) is 0 Å². The zero-order valence-corrected chi connectivity index (χ0v) is 12.7. The molecule has 0 heterocycles. The summed E-state index contributed by atoms with van der Waals surface area (Å²) in [5.74, 6) is 0.0129. The molecule has 4 N–H and O–H groups in total. The number of hydrogen-bond acceptors (Lipinski definition) is 3. The van der Waals surface area contributed by atoms with Gasteiger partial charge in [-0.05, 0) is 50.5 Å². The van der Waals surface area contributed by atoms with Crippen molar-refractivity contribution in [3.8, 4) is 0 Å². The maximum Gasteiger partial charge on any atom is 0.222 e. The van der Waals surface area contributed by atoms with E-state index >= 15 is 0 Å². The van der Waals surface area contributed by atoms with Crippen LogP contribution in [0.5, 0.6) is 0 Å². The van der Waals surface area contributed by atoms with E-state index in [1.807, 2.05) is 6.92 Å². The molecule has 0 radical (unpaired) electrons. The molecule has 4 heteroatoms. The molecule has 0 spiro atoms. The average Bonchev–Trinajstić information content (AvgIpc) is 2.37.